The van der Waals surface area contributed by atoms with Crippen molar-refractivity contribution in [3.8, 4) is 0 Å². The van der Waals surface area contributed by atoms with Crippen LogP contribution in [0.5, 0.6) is 0 Å². The van der Waals surface area contributed by atoms with Gasteiger partial charge in [0.05, 0.1) is 0 Å². The van der Waals surface area contributed by atoms with Gasteiger partial charge in [-0.2, -0.15) is 0 Å². The number of hydrogen-bond acceptors (Lipinski definition) is 3. The molecule has 0 aliphatic carbocycles. The van der Waals surface area contributed by atoms with E-state index in [-0.39, 0.29) is 5.97 Å². The van der Waals surface area contributed by atoms with E-state index in [0.717, 1.165) is 19.3 Å². The van der Waals surface area contributed by atoms with E-state index >= 15 is 0 Å². The molecule has 0 aromatic heterocycles. The highest BCUT2D eigenvalue weighted by Crippen LogP contribution is 2.12. The molecule has 0 saturated carbocycles. The SMILES string of the molecule is CC/C=C\CCCCCCCCCCCCCC(=O)OC(C)=O. The van der Waals surface area contributed by atoms with Gasteiger partial charge in [0.2, 0.25) is 0 Å². The first kappa shape index (κ1) is 21.9. The zero-order valence-corrected chi connectivity index (χ0v) is 15.3. The van der Waals surface area contributed by atoms with E-state index in [4.69, 9.17) is 0 Å². The van der Waals surface area contributed by atoms with Gasteiger partial charge in [-0.25, -0.2) is 0 Å². The highest BCUT2D eigenvalue weighted by atomic mass is 16.6. The van der Waals surface area contributed by atoms with Crippen LogP contribution in [-0.2, 0) is 14.3 Å². The van der Waals surface area contributed by atoms with Crippen molar-refractivity contribution in [3.63, 3.8) is 0 Å². The van der Waals surface area contributed by atoms with Gasteiger partial charge in [-0.3, -0.25) is 9.59 Å². The van der Waals surface area contributed by atoms with E-state index in [1.54, 1.807) is 0 Å². The second-order valence-corrected chi connectivity index (χ2v) is 6.27. The molecule has 3 heteroatoms. The average molecular weight is 325 g/mol. The van der Waals surface area contributed by atoms with E-state index in [2.05, 4.69) is 23.8 Å². The predicted octanol–water partition coefficient (Wildman–Crippen LogP) is 6.11. The van der Waals surface area contributed by atoms with Gasteiger partial charge in [0.25, 0.3) is 0 Å². The van der Waals surface area contributed by atoms with E-state index in [1.165, 1.54) is 71.1 Å². The number of hydrogen-bond donors (Lipinski definition) is 0. The van der Waals surface area contributed by atoms with Crippen molar-refractivity contribution in [2.45, 2.75) is 104 Å². The molecular formula is C20H36O3. The van der Waals surface area contributed by atoms with Crippen LogP contribution in [0.25, 0.3) is 0 Å². The van der Waals surface area contributed by atoms with Crippen molar-refractivity contribution in [2.75, 3.05) is 0 Å². The fourth-order valence-corrected chi connectivity index (χ4v) is 2.62. The maximum absolute atomic E-state index is 11.1. The Balaban J connectivity index is 3.12. The molecule has 0 aliphatic heterocycles. The number of carbonyl (C=O) groups excluding carboxylic acids is 2. The molecule has 0 rings (SSSR count). The van der Waals surface area contributed by atoms with Crippen LogP contribution in [0.4, 0.5) is 0 Å². The molecule has 23 heavy (non-hydrogen) atoms. The van der Waals surface area contributed by atoms with Gasteiger partial charge in [-0.1, -0.05) is 76.9 Å². The molecule has 0 radical (unpaired) electrons. The number of allylic oxidation sites excluding steroid dienone is 2. The molecule has 0 unspecified atom stereocenters. The third-order valence-corrected chi connectivity index (χ3v) is 3.91. The second-order valence-electron chi connectivity index (χ2n) is 6.27. The van der Waals surface area contributed by atoms with Gasteiger partial charge in [0, 0.05) is 13.3 Å². The van der Waals surface area contributed by atoms with Crippen molar-refractivity contribution in [2.24, 2.45) is 0 Å². The lowest BCUT2D eigenvalue weighted by molar-refractivity contribution is -0.158. The summed E-state index contributed by atoms with van der Waals surface area (Å²) in [6.45, 7) is 3.44. The molecule has 3 nitrogen and oxygen atoms in total. The first-order valence-electron chi connectivity index (χ1n) is 9.53. The van der Waals surface area contributed by atoms with Crippen LogP contribution in [0, 0.1) is 0 Å². The molecule has 0 N–H and O–H groups in total. The summed E-state index contributed by atoms with van der Waals surface area (Å²) in [7, 11) is 0. The predicted molar refractivity (Wildman–Crippen MR) is 96.2 cm³/mol. The monoisotopic (exact) mass is 324 g/mol. The number of rotatable bonds is 15. The minimum Gasteiger partial charge on any atom is -0.393 e. The highest BCUT2D eigenvalue weighted by molar-refractivity contribution is 5.83. The number of unbranched alkanes of at least 4 members (excludes halogenated alkanes) is 11. The zero-order valence-electron chi connectivity index (χ0n) is 15.3. The molecule has 0 amide bonds. The van der Waals surface area contributed by atoms with Gasteiger partial charge >= 0.3 is 11.9 Å². The minimum absolute atomic E-state index is 0.368. The third-order valence-electron chi connectivity index (χ3n) is 3.91. The maximum atomic E-state index is 11.1. The van der Waals surface area contributed by atoms with Gasteiger partial charge in [-0.05, 0) is 25.7 Å². The lowest BCUT2D eigenvalue weighted by Gasteiger charge is -2.03. The quantitative estimate of drug-likeness (QED) is 0.158. The van der Waals surface area contributed by atoms with Crippen molar-refractivity contribution in [1.82, 2.24) is 0 Å². The summed E-state index contributed by atoms with van der Waals surface area (Å²) in [5.74, 6) is -0.893. The van der Waals surface area contributed by atoms with E-state index in [9.17, 15) is 9.59 Å². The second kappa shape index (κ2) is 17.2. The van der Waals surface area contributed by atoms with Gasteiger partial charge in [0.1, 0.15) is 0 Å². The molecule has 0 atom stereocenters. The molecule has 0 aliphatic rings. The van der Waals surface area contributed by atoms with Crippen molar-refractivity contribution >= 4 is 11.9 Å². The van der Waals surface area contributed by atoms with Gasteiger partial charge < -0.3 is 4.74 Å². The maximum Gasteiger partial charge on any atom is 0.313 e. The van der Waals surface area contributed by atoms with Crippen LogP contribution in [0.3, 0.4) is 0 Å². The molecular weight excluding hydrogens is 288 g/mol. The minimum atomic E-state index is -0.507. The Morgan fingerprint density at radius 1 is 0.739 bits per heavy atom. The highest BCUT2D eigenvalue weighted by Gasteiger charge is 2.04. The molecule has 0 aromatic carbocycles. The Labute approximate surface area is 142 Å². The molecule has 0 aromatic rings. The normalized spacial score (nSPS) is 11.0. The van der Waals surface area contributed by atoms with Gasteiger partial charge in [-0.15, -0.1) is 0 Å². The molecule has 0 bridgehead atoms. The van der Waals surface area contributed by atoms with Crippen LogP contribution < -0.4 is 0 Å². The Bertz CT molecular complexity index is 321. The Morgan fingerprint density at radius 2 is 1.22 bits per heavy atom. The zero-order chi connectivity index (χ0) is 17.2. The topological polar surface area (TPSA) is 43.4 Å². The summed E-state index contributed by atoms with van der Waals surface area (Å²) in [6.07, 6.45) is 21.1. The summed E-state index contributed by atoms with van der Waals surface area (Å²) < 4.78 is 4.49. The summed E-state index contributed by atoms with van der Waals surface area (Å²) in [4.78, 5) is 21.7. The van der Waals surface area contributed by atoms with Crippen molar-refractivity contribution < 1.29 is 14.3 Å². The van der Waals surface area contributed by atoms with E-state index < -0.39 is 5.97 Å². The van der Waals surface area contributed by atoms with Crippen LogP contribution in [0.15, 0.2) is 12.2 Å². The molecule has 0 spiro atoms. The Hall–Kier alpha value is -1.12. The van der Waals surface area contributed by atoms with Gasteiger partial charge in [0.15, 0.2) is 0 Å². The van der Waals surface area contributed by atoms with Crippen molar-refractivity contribution in [3.05, 3.63) is 12.2 Å². The fourth-order valence-electron chi connectivity index (χ4n) is 2.62. The fraction of sp³-hybridized carbons (Fsp3) is 0.800. The van der Waals surface area contributed by atoms with Crippen LogP contribution in [-0.4, -0.2) is 11.9 Å². The summed E-state index contributed by atoms with van der Waals surface area (Å²) >= 11 is 0. The number of ether oxygens (including phenoxy) is 1. The largest absolute Gasteiger partial charge is 0.393 e. The number of carbonyl (C=O) groups is 2. The lowest BCUT2D eigenvalue weighted by Crippen LogP contribution is -2.08. The lowest BCUT2D eigenvalue weighted by atomic mass is 10.0. The first-order valence-corrected chi connectivity index (χ1v) is 9.53. The Morgan fingerprint density at radius 3 is 1.70 bits per heavy atom. The van der Waals surface area contributed by atoms with Crippen LogP contribution in [0.2, 0.25) is 0 Å². The third kappa shape index (κ3) is 18.8. The van der Waals surface area contributed by atoms with E-state index in [0.29, 0.717) is 6.42 Å². The van der Waals surface area contributed by atoms with Crippen LogP contribution >= 0.6 is 0 Å². The first-order chi connectivity index (χ1) is 11.2. The molecule has 134 valence electrons. The van der Waals surface area contributed by atoms with E-state index in [1.807, 2.05) is 0 Å². The molecule has 0 fully saturated rings. The smallest absolute Gasteiger partial charge is 0.313 e. The van der Waals surface area contributed by atoms with Crippen molar-refractivity contribution in [1.29, 1.82) is 0 Å². The summed E-state index contributed by atoms with van der Waals surface area (Å²) in [6, 6.07) is 0. The van der Waals surface area contributed by atoms with Crippen LogP contribution in [0.1, 0.15) is 104 Å². The number of esters is 2. The summed E-state index contributed by atoms with van der Waals surface area (Å²) in [5.41, 5.74) is 0. The average Bonchev–Trinajstić information content (AvgIpc) is 2.50. The standard InChI is InChI=1S/C20H36O3/c1-3-4-5-6-7-8-9-10-11-12-13-14-15-16-17-18-20(22)23-19(2)21/h4-5H,3,6-18H2,1-2H3/b5-4-. The molecule has 0 heterocycles. The molecule has 0 saturated heterocycles. The summed E-state index contributed by atoms with van der Waals surface area (Å²) in [5, 5.41) is 0. The Kier molecular flexibility index (Phi) is 16.4.